The van der Waals surface area contributed by atoms with E-state index in [0.29, 0.717) is 24.8 Å². The first-order valence-electron chi connectivity index (χ1n) is 14.1. The lowest BCUT2D eigenvalue weighted by Crippen LogP contribution is -2.67. The second-order valence-electron chi connectivity index (χ2n) is 12.5. The Morgan fingerprint density at radius 2 is 1.68 bits per heavy atom. The van der Waals surface area contributed by atoms with Gasteiger partial charge in [-0.05, 0) is 86.8 Å². The molecule has 5 rings (SSSR count). The average Bonchev–Trinajstić information content (AvgIpc) is 3.57. The molecular weight excluding hydrogens is 502 g/mol. The van der Waals surface area contributed by atoms with E-state index >= 15 is 0 Å². The minimum Gasteiger partial charge on any atom is -0.349 e. The number of hydrogen-bond acceptors (Lipinski definition) is 4. The molecule has 2 heterocycles. The Hall–Kier alpha value is -3.94. The van der Waals surface area contributed by atoms with Crippen molar-refractivity contribution in [1.82, 2.24) is 25.3 Å². The van der Waals surface area contributed by atoms with Crippen LogP contribution in [-0.2, 0) is 27.2 Å². The van der Waals surface area contributed by atoms with Crippen molar-refractivity contribution in [3.05, 3.63) is 83.7 Å². The number of rotatable bonds is 7. The second kappa shape index (κ2) is 10.9. The molecule has 8 nitrogen and oxygen atoms in total. The number of piperazine rings is 1. The summed E-state index contributed by atoms with van der Waals surface area (Å²) >= 11 is 0. The highest BCUT2D eigenvalue weighted by molar-refractivity contribution is 6.00. The molecule has 210 valence electrons. The molecule has 1 fully saturated rings. The quantitative estimate of drug-likeness (QED) is 0.473. The second-order valence-corrected chi connectivity index (χ2v) is 12.5. The summed E-state index contributed by atoms with van der Waals surface area (Å²) in [6.07, 6.45) is 5.44. The van der Waals surface area contributed by atoms with Gasteiger partial charge in [-0.3, -0.25) is 14.4 Å². The van der Waals surface area contributed by atoms with Crippen LogP contribution in [0.25, 0.3) is 5.69 Å². The molecule has 1 aromatic heterocycles. The highest BCUT2D eigenvalue weighted by Gasteiger charge is 2.49. The fraction of sp³-hybridized carbons (Fsp3) is 0.438. The molecule has 2 aliphatic rings. The topological polar surface area (TPSA) is 96.3 Å². The number of nitrogens with one attached hydrogen (secondary N) is 2. The van der Waals surface area contributed by atoms with Crippen molar-refractivity contribution >= 4 is 17.7 Å². The fourth-order valence-electron chi connectivity index (χ4n) is 5.98. The number of fused-ring (bicyclic) bond motifs is 1. The fourth-order valence-corrected chi connectivity index (χ4v) is 5.98. The van der Waals surface area contributed by atoms with Gasteiger partial charge in [0, 0.05) is 17.9 Å². The van der Waals surface area contributed by atoms with Gasteiger partial charge in [-0.1, -0.05) is 50.2 Å². The molecule has 8 heteroatoms. The standard InChI is InChI=1S/C32H39N5O3/c1-20(2)17-26-29(38)34-27(24-18-22-9-6-7-10-23(22)19-24)31(40)37(26)28(30(39)35-32(3,4)5)21-11-13-25(14-12-21)36-16-8-15-33-36/h6-16,20,24,26-28H,17-19H2,1-5H3,(H,34,38)(H,35,39)/t26-,27-,28-/m1/s1. The molecule has 1 aliphatic heterocycles. The Balaban J connectivity index is 1.55. The van der Waals surface area contributed by atoms with Crippen molar-refractivity contribution in [2.75, 3.05) is 0 Å². The number of benzene rings is 2. The van der Waals surface area contributed by atoms with Crippen LogP contribution < -0.4 is 10.6 Å². The first kappa shape index (κ1) is 27.6. The maximum atomic E-state index is 14.5. The largest absolute Gasteiger partial charge is 0.349 e. The van der Waals surface area contributed by atoms with Crippen molar-refractivity contribution in [2.24, 2.45) is 11.8 Å². The Bertz CT molecular complexity index is 1350. The molecule has 0 bridgehead atoms. The van der Waals surface area contributed by atoms with Crippen molar-refractivity contribution in [2.45, 2.75) is 77.5 Å². The zero-order chi connectivity index (χ0) is 28.6. The van der Waals surface area contributed by atoms with E-state index in [9.17, 15) is 14.4 Å². The monoisotopic (exact) mass is 541 g/mol. The molecule has 1 aliphatic carbocycles. The van der Waals surface area contributed by atoms with Crippen molar-refractivity contribution in [3.63, 3.8) is 0 Å². The molecule has 0 unspecified atom stereocenters. The van der Waals surface area contributed by atoms with E-state index in [2.05, 4.69) is 27.9 Å². The van der Waals surface area contributed by atoms with E-state index in [-0.39, 0.29) is 29.6 Å². The summed E-state index contributed by atoms with van der Waals surface area (Å²) in [7, 11) is 0. The van der Waals surface area contributed by atoms with E-state index in [0.717, 1.165) is 5.69 Å². The van der Waals surface area contributed by atoms with Gasteiger partial charge in [-0.15, -0.1) is 0 Å². The molecule has 3 aromatic rings. The van der Waals surface area contributed by atoms with Crippen molar-refractivity contribution < 1.29 is 14.4 Å². The summed E-state index contributed by atoms with van der Waals surface area (Å²) in [6.45, 7) is 9.80. The van der Waals surface area contributed by atoms with Crippen molar-refractivity contribution in [3.8, 4) is 5.69 Å². The predicted molar refractivity (Wildman–Crippen MR) is 154 cm³/mol. The van der Waals surface area contributed by atoms with Gasteiger partial charge in [0.25, 0.3) is 0 Å². The number of carbonyl (C=O) groups is 3. The summed E-state index contributed by atoms with van der Waals surface area (Å²) in [4.78, 5) is 43.8. The maximum Gasteiger partial charge on any atom is 0.247 e. The third kappa shape index (κ3) is 5.67. The van der Waals surface area contributed by atoms with Gasteiger partial charge in [0.1, 0.15) is 18.1 Å². The molecule has 40 heavy (non-hydrogen) atoms. The Morgan fingerprint density at radius 1 is 1.02 bits per heavy atom. The molecule has 0 radical (unpaired) electrons. The number of aromatic nitrogens is 2. The Kier molecular flexibility index (Phi) is 7.53. The molecule has 3 amide bonds. The third-order valence-electron chi connectivity index (χ3n) is 7.71. The van der Waals surface area contributed by atoms with Gasteiger partial charge in [-0.2, -0.15) is 5.10 Å². The van der Waals surface area contributed by atoms with Gasteiger partial charge in [0.2, 0.25) is 17.7 Å². The number of amides is 3. The van der Waals surface area contributed by atoms with Crippen molar-refractivity contribution in [1.29, 1.82) is 0 Å². The van der Waals surface area contributed by atoms with E-state index in [1.54, 1.807) is 15.8 Å². The zero-order valence-electron chi connectivity index (χ0n) is 23.9. The molecule has 2 aromatic carbocycles. The van der Waals surface area contributed by atoms with Crippen LogP contribution in [0, 0.1) is 11.8 Å². The van der Waals surface area contributed by atoms with Crippen LogP contribution in [-0.4, -0.2) is 50.0 Å². The lowest BCUT2D eigenvalue weighted by molar-refractivity contribution is -0.158. The maximum absolute atomic E-state index is 14.5. The van der Waals surface area contributed by atoms with Gasteiger partial charge >= 0.3 is 0 Å². The number of nitrogens with zero attached hydrogens (tertiary/aromatic N) is 3. The molecular formula is C32H39N5O3. The average molecular weight is 542 g/mol. The zero-order valence-corrected chi connectivity index (χ0v) is 23.9. The molecule has 0 saturated carbocycles. The molecule has 1 saturated heterocycles. The summed E-state index contributed by atoms with van der Waals surface area (Å²) in [5, 5.41) is 10.5. The van der Waals surface area contributed by atoms with Crippen LogP contribution in [0.3, 0.4) is 0 Å². The predicted octanol–water partition coefficient (Wildman–Crippen LogP) is 3.98. The lowest BCUT2D eigenvalue weighted by Gasteiger charge is -2.45. The lowest BCUT2D eigenvalue weighted by atomic mass is 9.87. The van der Waals surface area contributed by atoms with Crippen LogP contribution in [0.15, 0.2) is 67.0 Å². The number of carbonyl (C=O) groups excluding carboxylic acids is 3. The van der Waals surface area contributed by atoms with E-state index < -0.39 is 23.7 Å². The minimum atomic E-state index is -0.959. The van der Waals surface area contributed by atoms with Gasteiger partial charge in [0.05, 0.1) is 5.69 Å². The number of hydrogen-bond donors (Lipinski definition) is 2. The van der Waals surface area contributed by atoms with Crippen LogP contribution in [0.5, 0.6) is 0 Å². The minimum absolute atomic E-state index is 0.0649. The summed E-state index contributed by atoms with van der Waals surface area (Å²) in [5.41, 5.74) is 3.39. The van der Waals surface area contributed by atoms with Gasteiger partial charge < -0.3 is 15.5 Å². The smallest absolute Gasteiger partial charge is 0.247 e. The highest BCUT2D eigenvalue weighted by Crippen LogP contribution is 2.35. The molecule has 3 atom stereocenters. The van der Waals surface area contributed by atoms with Gasteiger partial charge in [-0.25, -0.2) is 4.68 Å². The first-order valence-corrected chi connectivity index (χ1v) is 14.1. The molecule has 0 spiro atoms. The Labute approximate surface area is 236 Å². The third-order valence-corrected chi connectivity index (χ3v) is 7.71. The summed E-state index contributed by atoms with van der Waals surface area (Å²) < 4.78 is 1.74. The van der Waals surface area contributed by atoms with Crippen LogP contribution in [0.2, 0.25) is 0 Å². The summed E-state index contributed by atoms with van der Waals surface area (Å²) in [6, 6.07) is 15.1. The van der Waals surface area contributed by atoms with E-state index in [4.69, 9.17) is 0 Å². The highest BCUT2D eigenvalue weighted by atomic mass is 16.2. The normalized spacial score (nSPS) is 20.4. The van der Waals surface area contributed by atoms with E-state index in [1.165, 1.54) is 11.1 Å². The molecule has 2 N–H and O–H groups in total. The SMILES string of the molecule is CC(C)C[C@@H]1C(=O)N[C@H](C2Cc3ccccc3C2)C(=O)N1[C@@H](C(=O)NC(C)(C)C)c1ccc(-n2cccn2)cc1. The van der Waals surface area contributed by atoms with Gasteiger partial charge in [0.15, 0.2) is 0 Å². The summed E-state index contributed by atoms with van der Waals surface area (Å²) in [5.74, 6) is -0.620. The van der Waals surface area contributed by atoms with Crippen LogP contribution >= 0.6 is 0 Å². The first-order chi connectivity index (χ1) is 19.0. The Morgan fingerprint density at radius 3 is 2.23 bits per heavy atom. The van der Waals surface area contributed by atoms with Crippen LogP contribution in [0.1, 0.15) is 63.8 Å². The van der Waals surface area contributed by atoms with Crippen LogP contribution in [0.4, 0.5) is 0 Å². The van der Waals surface area contributed by atoms with E-state index in [1.807, 2.05) is 83.3 Å².